The second-order valence-electron chi connectivity index (χ2n) is 4.43. The highest BCUT2D eigenvalue weighted by molar-refractivity contribution is 7.21. The highest BCUT2D eigenvalue weighted by atomic mass is 32.1. The molecule has 3 aromatic heterocycles. The molecular formula is C13H13N5OS. The number of carbonyl (C=O) groups excluding carboxylic acids is 1. The lowest BCUT2D eigenvalue weighted by atomic mass is 10.2. The molecule has 0 aliphatic carbocycles. The van der Waals surface area contributed by atoms with Crippen molar-refractivity contribution in [3.8, 4) is 0 Å². The fraction of sp³-hybridized carbons (Fsp3) is 0.154. The zero-order valence-corrected chi connectivity index (χ0v) is 11.9. The van der Waals surface area contributed by atoms with E-state index in [-0.39, 0.29) is 5.91 Å². The van der Waals surface area contributed by atoms with Crippen LogP contribution in [0.1, 0.15) is 15.4 Å². The van der Waals surface area contributed by atoms with Crippen molar-refractivity contribution in [2.24, 2.45) is 7.05 Å². The summed E-state index contributed by atoms with van der Waals surface area (Å²) in [5.74, 6) is -0.226. The van der Waals surface area contributed by atoms with Gasteiger partial charge in [-0.05, 0) is 19.1 Å². The molecule has 0 bridgehead atoms. The summed E-state index contributed by atoms with van der Waals surface area (Å²) >= 11 is 1.34. The van der Waals surface area contributed by atoms with Crippen molar-refractivity contribution >= 4 is 38.8 Å². The summed E-state index contributed by atoms with van der Waals surface area (Å²) in [5.41, 5.74) is 8.04. The molecule has 3 heterocycles. The summed E-state index contributed by atoms with van der Waals surface area (Å²) in [6, 6.07) is 3.54. The Morgan fingerprint density at radius 3 is 2.95 bits per heavy atom. The number of nitrogens with zero attached hydrogens (tertiary/aromatic N) is 3. The molecule has 0 fully saturated rings. The molecule has 0 radical (unpaired) electrons. The normalized spacial score (nSPS) is 10.9. The Balaban J connectivity index is 2.00. The molecule has 3 rings (SSSR count). The third-order valence-corrected chi connectivity index (χ3v) is 4.28. The van der Waals surface area contributed by atoms with Crippen LogP contribution in [0.3, 0.4) is 0 Å². The average Bonchev–Trinajstić information content (AvgIpc) is 2.90. The van der Waals surface area contributed by atoms with Gasteiger partial charge in [-0.15, -0.1) is 11.3 Å². The number of anilines is 2. The summed E-state index contributed by atoms with van der Waals surface area (Å²) < 4.78 is 1.74. The first-order valence-corrected chi connectivity index (χ1v) is 6.82. The molecule has 0 atom stereocenters. The lowest BCUT2D eigenvalue weighted by Crippen LogP contribution is -2.12. The minimum atomic E-state index is -0.226. The molecule has 0 aromatic carbocycles. The standard InChI is InChI=1S/C13H13N5OS/c1-7-9-10(14)11(20-13(9)18(2)17-7)12(19)16-8-4-3-5-15-6-8/h3-6H,14H2,1-2H3,(H,16,19). The first kappa shape index (κ1) is 12.6. The largest absolute Gasteiger partial charge is 0.397 e. The van der Waals surface area contributed by atoms with E-state index in [0.717, 1.165) is 15.9 Å². The van der Waals surface area contributed by atoms with Crippen LogP contribution in [0.2, 0.25) is 0 Å². The molecule has 3 N–H and O–H groups in total. The number of fused-ring (bicyclic) bond motifs is 1. The number of hydrogen-bond donors (Lipinski definition) is 2. The number of thiophene rings is 1. The summed E-state index contributed by atoms with van der Waals surface area (Å²) in [7, 11) is 1.84. The number of nitrogens with two attached hydrogens (primary N) is 1. The second-order valence-corrected chi connectivity index (χ2v) is 5.43. The van der Waals surface area contributed by atoms with Crippen molar-refractivity contribution in [1.29, 1.82) is 0 Å². The molecule has 20 heavy (non-hydrogen) atoms. The average molecular weight is 287 g/mol. The van der Waals surface area contributed by atoms with Gasteiger partial charge in [0.2, 0.25) is 0 Å². The van der Waals surface area contributed by atoms with Gasteiger partial charge in [-0.2, -0.15) is 5.10 Å². The lowest BCUT2D eigenvalue weighted by Gasteiger charge is -2.03. The summed E-state index contributed by atoms with van der Waals surface area (Å²) in [5, 5.41) is 7.94. The van der Waals surface area contributed by atoms with E-state index in [0.29, 0.717) is 16.3 Å². The molecule has 6 nitrogen and oxygen atoms in total. The fourth-order valence-electron chi connectivity index (χ4n) is 2.12. The van der Waals surface area contributed by atoms with Gasteiger partial charge in [-0.25, -0.2) is 0 Å². The van der Waals surface area contributed by atoms with Gasteiger partial charge < -0.3 is 11.1 Å². The van der Waals surface area contributed by atoms with E-state index in [9.17, 15) is 4.79 Å². The molecule has 3 aromatic rings. The van der Waals surface area contributed by atoms with Gasteiger partial charge in [0.25, 0.3) is 5.91 Å². The fourth-order valence-corrected chi connectivity index (χ4v) is 3.20. The molecule has 0 aliphatic rings. The van der Waals surface area contributed by atoms with Gasteiger partial charge in [0.05, 0.1) is 28.7 Å². The van der Waals surface area contributed by atoms with Crippen molar-refractivity contribution in [3.63, 3.8) is 0 Å². The first-order valence-electron chi connectivity index (χ1n) is 6.01. The zero-order chi connectivity index (χ0) is 14.3. The smallest absolute Gasteiger partial charge is 0.267 e. The van der Waals surface area contributed by atoms with Gasteiger partial charge in [-0.3, -0.25) is 14.5 Å². The van der Waals surface area contributed by atoms with E-state index in [1.165, 1.54) is 11.3 Å². The quantitative estimate of drug-likeness (QED) is 0.756. The number of nitrogen functional groups attached to an aromatic ring is 1. The number of hydrogen-bond acceptors (Lipinski definition) is 5. The maximum atomic E-state index is 12.3. The van der Waals surface area contributed by atoms with E-state index in [1.807, 2.05) is 14.0 Å². The number of aromatic nitrogens is 3. The Bertz CT molecular complexity index is 790. The van der Waals surface area contributed by atoms with Gasteiger partial charge >= 0.3 is 0 Å². The van der Waals surface area contributed by atoms with Crippen LogP contribution in [0, 0.1) is 6.92 Å². The summed E-state index contributed by atoms with van der Waals surface area (Å²) in [6.07, 6.45) is 3.24. The molecule has 0 saturated heterocycles. The predicted octanol–water partition coefficient (Wildman–Crippen LogP) is 2.17. The van der Waals surface area contributed by atoms with Crippen LogP contribution >= 0.6 is 11.3 Å². The van der Waals surface area contributed by atoms with Gasteiger partial charge in [0, 0.05) is 13.2 Å². The summed E-state index contributed by atoms with van der Waals surface area (Å²) in [4.78, 5) is 17.6. The van der Waals surface area contributed by atoms with E-state index in [2.05, 4.69) is 15.4 Å². The Kier molecular flexibility index (Phi) is 2.90. The number of carbonyl (C=O) groups is 1. The van der Waals surface area contributed by atoms with Crippen LogP contribution in [-0.4, -0.2) is 20.7 Å². The SMILES string of the molecule is Cc1nn(C)c2sc(C(=O)Nc3cccnc3)c(N)c12. The first-order chi connectivity index (χ1) is 9.58. The lowest BCUT2D eigenvalue weighted by molar-refractivity contribution is 0.103. The van der Waals surface area contributed by atoms with E-state index in [4.69, 9.17) is 5.73 Å². The third kappa shape index (κ3) is 1.92. The number of rotatable bonds is 2. The second kappa shape index (κ2) is 4.61. The molecule has 0 unspecified atom stereocenters. The number of nitrogens with one attached hydrogen (secondary N) is 1. The molecule has 0 saturated carbocycles. The Hall–Kier alpha value is -2.41. The molecular weight excluding hydrogens is 274 g/mol. The van der Waals surface area contributed by atoms with E-state index >= 15 is 0 Å². The van der Waals surface area contributed by atoms with Crippen LogP contribution < -0.4 is 11.1 Å². The predicted molar refractivity (Wildman–Crippen MR) is 79.9 cm³/mol. The van der Waals surface area contributed by atoms with Crippen molar-refractivity contribution in [3.05, 3.63) is 35.1 Å². The molecule has 1 amide bonds. The van der Waals surface area contributed by atoms with E-state index in [1.54, 1.807) is 29.2 Å². The zero-order valence-electron chi connectivity index (χ0n) is 11.0. The van der Waals surface area contributed by atoms with Crippen LogP contribution in [0.25, 0.3) is 10.2 Å². The van der Waals surface area contributed by atoms with Gasteiger partial charge in [-0.1, -0.05) is 0 Å². The van der Waals surface area contributed by atoms with Crippen LogP contribution in [0.4, 0.5) is 11.4 Å². The number of aryl methyl sites for hydroxylation is 2. The maximum absolute atomic E-state index is 12.3. The van der Waals surface area contributed by atoms with Gasteiger partial charge in [0.1, 0.15) is 9.71 Å². The molecule has 0 aliphatic heterocycles. The topological polar surface area (TPSA) is 85.8 Å². The third-order valence-electron chi connectivity index (χ3n) is 3.01. The van der Waals surface area contributed by atoms with Crippen LogP contribution in [0.5, 0.6) is 0 Å². The minimum absolute atomic E-state index is 0.226. The minimum Gasteiger partial charge on any atom is -0.397 e. The Labute approximate surface area is 119 Å². The number of pyridine rings is 1. The van der Waals surface area contributed by atoms with Crippen molar-refractivity contribution in [1.82, 2.24) is 14.8 Å². The molecule has 102 valence electrons. The Morgan fingerprint density at radius 1 is 1.50 bits per heavy atom. The Morgan fingerprint density at radius 2 is 2.30 bits per heavy atom. The van der Waals surface area contributed by atoms with Crippen molar-refractivity contribution in [2.45, 2.75) is 6.92 Å². The van der Waals surface area contributed by atoms with Crippen molar-refractivity contribution < 1.29 is 4.79 Å². The highest BCUT2D eigenvalue weighted by Crippen LogP contribution is 2.35. The molecule has 0 spiro atoms. The highest BCUT2D eigenvalue weighted by Gasteiger charge is 2.20. The summed E-state index contributed by atoms with van der Waals surface area (Å²) in [6.45, 7) is 1.88. The monoisotopic (exact) mass is 287 g/mol. The van der Waals surface area contributed by atoms with Crippen molar-refractivity contribution in [2.75, 3.05) is 11.1 Å². The maximum Gasteiger partial charge on any atom is 0.267 e. The van der Waals surface area contributed by atoms with Gasteiger partial charge in [0.15, 0.2) is 0 Å². The number of amides is 1. The molecule has 7 heteroatoms. The van der Waals surface area contributed by atoms with Crippen LogP contribution in [0.15, 0.2) is 24.5 Å². The van der Waals surface area contributed by atoms with Crippen LogP contribution in [-0.2, 0) is 7.05 Å². The van der Waals surface area contributed by atoms with E-state index < -0.39 is 0 Å².